The van der Waals surface area contributed by atoms with Crippen LogP contribution >= 0.6 is 0 Å². The molecule has 0 radical (unpaired) electrons. The zero-order chi connectivity index (χ0) is 21.9. The van der Waals surface area contributed by atoms with Crippen LogP contribution in [0.3, 0.4) is 0 Å². The Bertz CT molecular complexity index is 1200. The third kappa shape index (κ3) is 4.80. The van der Waals surface area contributed by atoms with Crippen molar-refractivity contribution in [2.75, 3.05) is 0 Å². The van der Waals surface area contributed by atoms with Gasteiger partial charge < -0.3 is 0 Å². The van der Waals surface area contributed by atoms with Crippen LogP contribution in [0.4, 0.5) is 0 Å². The van der Waals surface area contributed by atoms with Crippen molar-refractivity contribution in [3.8, 4) is 0 Å². The van der Waals surface area contributed by atoms with Gasteiger partial charge in [-0.3, -0.25) is 0 Å². The van der Waals surface area contributed by atoms with Crippen LogP contribution in [-0.2, 0) is 19.9 Å². The van der Waals surface area contributed by atoms with Crippen LogP contribution < -0.4 is 4.72 Å². The largest absolute Gasteiger partial charge is 0.240 e. The fraction of sp³-hybridized carbons (Fsp3) is 0.217. The van der Waals surface area contributed by atoms with Crippen molar-refractivity contribution in [1.29, 1.82) is 0 Å². The van der Waals surface area contributed by atoms with Gasteiger partial charge in [-0.1, -0.05) is 65.7 Å². The maximum absolute atomic E-state index is 13.5. The second kappa shape index (κ2) is 8.71. The van der Waals surface area contributed by atoms with E-state index in [2.05, 4.69) is 4.72 Å². The van der Waals surface area contributed by atoms with Crippen LogP contribution in [0.1, 0.15) is 28.9 Å². The summed E-state index contributed by atoms with van der Waals surface area (Å²) in [6, 6.07) is 20.8. The van der Waals surface area contributed by atoms with E-state index in [1.165, 1.54) is 12.1 Å². The predicted molar refractivity (Wildman–Crippen MR) is 119 cm³/mol. The zero-order valence-electron chi connectivity index (χ0n) is 17.1. The van der Waals surface area contributed by atoms with Gasteiger partial charge in [-0.2, -0.15) is 0 Å². The van der Waals surface area contributed by atoms with E-state index in [0.717, 1.165) is 11.1 Å². The third-order valence-electron chi connectivity index (χ3n) is 4.94. The molecule has 7 heteroatoms. The number of sulfonamides is 1. The Balaban J connectivity index is 2.02. The number of hydrogen-bond donors (Lipinski definition) is 1. The molecule has 5 nitrogen and oxygen atoms in total. The van der Waals surface area contributed by atoms with E-state index in [-0.39, 0.29) is 9.79 Å². The highest BCUT2D eigenvalue weighted by molar-refractivity contribution is 7.92. The number of aryl methyl sites for hydroxylation is 2. The summed E-state index contributed by atoms with van der Waals surface area (Å²) in [5.74, 6) is 0. The summed E-state index contributed by atoms with van der Waals surface area (Å²) in [6.45, 7) is 5.32. The van der Waals surface area contributed by atoms with Crippen LogP contribution in [0.15, 0.2) is 88.7 Å². The average molecular weight is 444 g/mol. The van der Waals surface area contributed by atoms with Gasteiger partial charge in [0, 0.05) is 6.04 Å². The molecule has 2 unspecified atom stereocenters. The molecule has 3 aromatic rings. The Morgan fingerprint density at radius 1 is 0.667 bits per heavy atom. The lowest BCUT2D eigenvalue weighted by Gasteiger charge is -2.25. The normalized spacial score (nSPS) is 14.2. The topological polar surface area (TPSA) is 80.3 Å². The van der Waals surface area contributed by atoms with Gasteiger partial charge in [-0.15, -0.1) is 0 Å². The molecule has 3 rings (SSSR count). The molecule has 2 atom stereocenters. The first kappa shape index (κ1) is 22.2. The summed E-state index contributed by atoms with van der Waals surface area (Å²) in [5.41, 5.74) is 2.40. The Morgan fingerprint density at radius 2 is 1.13 bits per heavy atom. The summed E-state index contributed by atoms with van der Waals surface area (Å²) in [7, 11) is -7.75. The lowest BCUT2D eigenvalue weighted by atomic mass is 10.1. The zero-order valence-corrected chi connectivity index (χ0v) is 18.7. The molecular weight excluding hydrogens is 418 g/mol. The number of sulfone groups is 1. The van der Waals surface area contributed by atoms with Crippen LogP contribution in [0, 0.1) is 13.8 Å². The molecule has 0 aliphatic heterocycles. The Hall–Kier alpha value is -2.48. The van der Waals surface area contributed by atoms with Crippen molar-refractivity contribution in [2.45, 2.75) is 41.9 Å². The minimum Gasteiger partial charge on any atom is -0.223 e. The van der Waals surface area contributed by atoms with Crippen molar-refractivity contribution >= 4 is 19.9 Å². The number of nitrogens with one attached hydrogen (secondary N) is 1. The summed E-state index contributed by atoms with van der Waals surface area (Å²) in [6.07, 6.45) is 0. The molecule has 0 aromatic heterocycles. The molecule has 0 spiro atoms. The van der Waals surface area contributed by atoms with E-state index in [1.54, 1.807) is 73.7 Å². The second-order valence-corrected chi connectivity index (χ2v) is 11.2. The maximum Gasteiger partial charge on any atom is 0.240 e. The third-order valence-corrected chi connectivity index (χ3v) is 8.79. The van der Waals surface area contributed by atoms with Crippen LogP contribution in [0.25, 0.3) is 0 Å². The minimum absolute atomic E-state index is 0.0968. The van der Waals surface area contributed by atoms with E-state index in [9.17, 15) is 16.8 Å². The molecule has 3 aromatic carbocycles. The second-order valence-electron chi connectivity index (χ2n) is 7.41. The highest BCUT2D eigenvalue weighted by atomic mass is 32.2. The van der Waals surface area contributed by atoms with Gasteiger partial charge in [0.1, 0.15) is 5.25 Å². The maximum atomic E-state index is 13.5. The molecule has 0 heterocycles. The molecule has 0 aliphatic rings. The smallest absolute Gasteiger partial charge is 0.223 e. The average Bonchev–Trinajstić information content (AvgIpc) is 2.69. The van der Waals surface area contributed by atoms with E-state index in [4.69, 9.17) is 0 Å². The standard InChI is InChI=1S/C23H25NO4S2/c1-17-9-13-21(14-10-17)29(25,26)23(20-7-5-4-6-8-20)19(3)24-30(27,28)22-15-11-18(2)12-16-22/h4-16,19,23-24H,1-3H3. The van der Waals surface area contributed by atoms with Gasteiger partial charge in [0.05, 0.1) is 9.79 Å². The molecule has 158 valence electrons. The van der Waals surface area contributed by atoms with Gasteiger partial charge >= 0.3 is 0 Å². The van der Waals surface area contributed by atoms with Gasteiger partial charge in [0.15, 0.2) is 9.84 Å². The minimum atomic E-state index is -3.89. The highest BCUT2D eigenvalue weighted by Gasteiger charge is 2.36. The van der Waals surface area contributed by atoms with Crippen LogP contribution in [0.5, 0.6) is 0 Å². The summed E-state index contributed by atoms with van der Waals surface area (Å²) in [5, 5.41) is -1.08. The molecule has 0 saturated carbocycles. The molecule has 0 bridgehead atoms. The van der Waals surface area contributed by atoms with Crippen molar-refractivity contribution in [2.24, 2.45) is 0 Å². The molecule has 0 saturated heterocycles. The molecule has 0 aliphatic carbocycles. The molecule has 0 amide bonds. The fourth-order valence-electron chi connectivity index (χ4n) is 3.35. The SMILES string of the molecule is Cc1ccc(S(=O)(=O)NC(C)C(c2ccccc2)S(=O)(=O)c2ccc(C)cc2)cc1. The van der Waals surface area contributed by atoms with E-state index < -0.39 is 31.2 Å². The van der Waals surface area contributed by atoms with Gasteiger partial charge in [0.25, 0.3) is 0 Å². The number of rotatable bonds is 7. The van der Waals surface area contributed by atoms with Gasteiger partial charge in [0.2, 0.25) is 10.0 Å². The van der Waals surface area contributed by atoms with Crippen LogP contribution in [0.2, 0.25) is 0 Å². The monoisotopic (exact) mass is 443 g/mol. The van der Waals surface area contributed by atoms with Gasteiger partial charge in [-0.25, -0.2) is 21.6 Å². The Kier molecular flexibility index (Phi) is 6.45. The summed E-state index contributed by atoms with van der Waals surface area (Å²) < 4.78 is 55.4. The first-order valence-corrected chi connectivity index (χ1v) is 12.6. The Labute approximate surface area is 178 Å². The lowest BCUT2D eigenvalue weighted by Crippen LogP contribution is -2.40. The molecule has 1 N–H and O–H groups in total. The van der Waals surface area contributed by atoms with E-state index in [1.807, 2.05) is 13.8 Å². The molecular formula is C23H25NO4S2. The lowest BCUT2D eigenvalue weighted by molar-refractivity contribution is 0.534. The van der Waals surface area contributed by atoms with Crippen molar-refractivity contribution in [3.05, 3.63) is 95.6 Å². The van der Waals surface area contributed by atoms with Crippen LogP contribution in [-0.4, -0.2) is 22.9 Å². The summed E-state index contributed by atoms with van der Waals surface area (Å²) >= 11 is 0. The van der Waals surface area contributed by atoms with Crippen molar-refractivity contribution < 1.29 is 16.8 Å². The fourth-order valence-corrected chi connectivity index (χ4v) is 6.62. The molecule has 30 heavy (non-hydrogen) atoms. The predicted octanol–water partition coefficient (Wildman–Crippen LogP) is 4.19. The first-order valence-electron chi connectivity index (χ1n) is 9.56. The van der Waals surface area contributed by atoms with Crippen molar-refractivity contribution in [1.82, 2.24) is 4.72 Å². The molecule has 0 fully saturated rings. The van der Waals surface area contributed by atoms with E-state index in [0.29, 0.717) is 5.56 Å². The Morgan fingerprint density at radius 3 is 1.63 bits per heavy atom. The van der Waals surface area contributed by atoms with Crippen molar-refractivity contribution in [3.63, 3.8) is 0 Å². The number of benzene rings is 3. The van der Waals surface area contributed by atoms with E-state index >= 15 is 0 Å². The van der Waals surface area contributed by atoms with Gasteiger partial charge in [-0.05, 0) is 50.6 Å². The highest BCUT2D eigenvalue weighted by Crippen LogP contribution is 2.32. The first-order chi connectivity index (χ1) is 14.1. The number of hydrogen-bond acceptors (Lipinski definition) is 4. The quantitative estimate of drug-likeness (QED) is 0.594. The summed E-state index contributed by atoms with van der Waals surface area (Å²) in [4.78, 5) is 0.253.